The van der Waals surface area contributed by atoms with Gasteiger partial charge in [0.25, 0.3) is 0 Å². The fourth-order valence-corrected chi connectivity index (χ4v) is 2.77. The first kappa shape index (κ1) is 16.2. The second-order valence-electron chi connectivity index (χ2n) is 4.87. The smallest absolute Gasteiger partial charge is 0.127 e. The van der Waals surface area contributed by atoms with Gasteiger partial charge in [0, 0.05) is 21.7 Å². The molecule has 1 N–H and O–H groups in total. The van der Waals surface area contributed by atoms with Crippen molar-refractivity contribution in [1.29, 1.82) is 0 Å². The number of nitrogens with one attached hydrogen (secondary N) is 1. The van der Waals surface area contributed by atoms with Crippen LogP contribution in [0.2, 0.25) is 10.0 Å². The molecule has 0 saturated heterocycles. The standard InChI is InChI=1S/C16H15Cl2F2N/c1-9-6-11(13(18)8-15(9)20)16(21-2)7-10-12(17)4-3-5-14(10)19/h3-6,8,16,21H,7H2,1-2H3. The van der Waals surface area contributed by atoms with Crippen LogP contribution >= 0.6 is 23.2 Å². The predicted molar refractivity (Wildman–Crippen MR) is 83.1 cm³/mol. The van der Waals surface area contributed by atoms with E-state index in [-0.39, 0.29) is 17.7 Å². The Kier molecular flexibility index (Phi) is 5.20. The van der Waals surface area contributed by atoms with Crippen molar-refractivity contribution in [1.82, 2.24) is 5.32 Å². The number of benzene rings is 2. The largest absolute Gasteiger partial charge is 0.313 e. The maximum Gasteiger partial charge on any atom is 0.127 e. The molecule has 2 aromatic carbocycles. The van der Waals surface area contributed by atoms with Crippen LogP contribution in [0, 0.1) is 18.6 Å². The lowest BCUT2D eigenvalue weighted by molar-refractivity contribution is 0.552. The van der Waals surface area contributed by atoms with E-state index in [0.29, 0.717) is 27.6 Å². The van der Waals surface area contributed by atoms with Crippen LogP contribution in [0.15, 0.2) is 30.3 Å². The van der Waals surface area contributed by atoms with E-state index >= 15 is 0 Å². The van der Waals surface area contributed by atoms with Crippen molar-refractivity contribution < 1.29 is 8.78 Å². The zero-order valence-electron chi connectivity index (χ0n) is 11.7. The molecule has 0 fully saturated rings. The van der Waals surface area contributed by atoms with Gasteiger partial charge in [0.1, 0.15) is 11.6 Å². The molecule has 2 aromatic rings. The number of hydrogen-bond donors (Lipinski definition) is 1. The molecular formula is C16H15Cl2F2N. The minimum Gasteiger partial charge on any atom is -0.313 e. The Morgan fingerprint density at radius 3 is 2.43 bits per heavy atom. The maximum atomic E-state index is 13.9. The molecule has 1 nitrogen and oxygen atoms in total. The van der Waals surface area contributed by atoms with E-state index in [4.69, 9.17) is 23.2 Å². The fourth-order valence-electron chi connectivity index (χ4n) is 2.25. The molecule has 0 aliphatic heterocycles. The summed E-state index contributed by atoms with van der Waals surface area (Å²) in [7, 11) is 1.74. The van der Waals surface area contributed by atoms with Gasteiger partial charge in [0.15, 0.2) is 0 Å². The number of aryl methyl sites for hydroxylation is 1. The molecule has 0 aromatic heterocycles. The molecule has 2 rings (SSSR count). The Bertz CT molecular complexity index is 639. The van der Waals surface area contributed by atoms with Gasteiger partial charge in [-0.15, -0.1) is 0 Å². The van der Waals surface area contributed by atoms with E-state index in [2.05, 4.69) is 5.32 Å². The predicted octanol–water partition coefficient (Wildman–Crippen LogP) is 5.08. The Morgan fingerprint density at radius 2 is 1.81 bits per heavy atom. The van der Waals surface area contributed by atoms with E-state index in [0.717, 1.165) is 5.56 Å². The molecule has 0 saturated carbocycles. The van der Waals surface area contributed by atoms with E-state index in [1.165, 1.54) is 12.1 Å². The highest BCUT2D eigenvalue weighted by Crippen LogP contribution is 2.30. The van der Waals surface area contributed by atoms with Gasteiger partial charge in [-0.05, 0) is 49.7 Å². The first-order valence-corrected chi connectivity index (χ1v) is 7.25. The van der Waals surface area contributed by atoms with Crippen LogP contribution in [-0.2, 0) is 6.42 Å². The summed E-state index contributed by atoms with van der Waals surface area (Å²) >= 11 is 12.2. The van der Waals surface area contributed by atoms with Gasteiger partial charge in [-0.3, -0.25) is 0 Å². The van der Waals surface area contributed by atoms with E-state index in [9.17, 15) is 8.78 Å². The second kappa shape index (κ2) is 6.73. The summed E-state index contributed by atoms with van der Waals surface area (Å²) in [6.45, 7) is 1.66. The molecule has 0 radical (unpaired) electrons. The molecule has 0 bridgehead atoms. The van der Waals surface area contributed by atoms with Crippen molar-refractivity contribution in [2.75, 3.05) is 7.05 Å². The topological polar surface area (TPSA) is 12.0 Å². The lowest BCUT2D eigenvalue weighted by atomic mass is 9.97. The van der Waals surface area contributed by atoms with Crippen LogP contribution < -0.4 is 5.32 Å². The summed E-state index contributed by atoms with van der Waals surface area (Å²) in [5, 5.41) is 3.75. The van der Waals surface area contributed by atoms with Crippen molar-refractivity contribution in [3.63, 3.8) is 0 Å². The number of hydrogen-bond acceptors (Lipinski definition) is 1. The zero-order chi connectivity index (χ0) is 15.6. The highest BCUT2D eigenvalue weighted by Gasteiger charge is 2.19. The van der Waals surface area contributed by atoms with Crippen LogP contribution in [-0.4, -0.2) is 7.05 Å². The highest BCUT2D eigenvalue weighted by atomic mass is 35.5. The summed E-state index contributed by atoms with van der Waals surface area (Å²) in [5.74, 6) is -0.722. The molecule has 0 aliphatic rings. The number of rotatable bonds is 4. The number of likely N-dealkylation sites (N-methyl/N-ethyl adjacent to an activating group) is 1. The quantitative estimate of drug-likeness (QED) is 0.824. The average Bonchev–Trinajstić information content (AvgIpc) is 2.43. The number of halogens is 4. The fraction of sp³-hybridized carbons (Fsp3) is 0.250. The van der Waals surface area contributed by atoms with Gasteiger partial charge < -0.3 is 5.32 Å². The lowest BCUT2D eigenvalue weighted by Gasteiger charge is -2.20. The molecule has 0 amide bonds. The average molecular weight is 330 g/mol. The zero-order valence-corrected chi connectivity index (χ0v) is 13.2. The molecule has 0 heterocycles. The van der Waals surface area contributed by atoms with Crippen molar-refractivity contribution in [2.24, 2.45) is 0 Å². The molecular weight excluding hydrogens is 315 g/mol. The van der Waals surface area contributed by atoms with Gasteiger partial charge in [0.05, 0.1) is 0 Å². The molecule has 5 heteroatoms. The summed E-state index contributed by atoms with van der Waals surface area (Å²) in [6, 6.07) is 7.26. The third-order valence-corrected chi connectivity index (χ3v) is 4.15. The summed E-state index contributed by atoms with van der Waals surface area (Å²) in [4.78, 5) is 0. The van der Waals surface area contributed by atoms with Gasteiger partial charge in [-0.2, -0.15) is 0 Å². The summed E-state index contributed by atoms with van der Waals surface area (Å²) in [5.41, 5.74) is 1.63. The molecule has 0 spiro atoms. The molecule has 1 atom stereocenters. The third-order valence-electron chi connectivity index (χ3n) is 3.47. The Balaban J connectivity index is 2.39. The van der Waals surface area contributed by atoms with Crippen LogP contribution in [0.4, 0.5) is 8.78 Å². The highest BCUT2D eigenvalue weighted by molar-refractivity contribution is 6.31. The van der Waals surface area contributed by atoms with Crippen molar-refractivity contribution in [2.45, 2.75) is 19.4 Å². The first-order valence-electron chi connectivity index (χ1n) is 6.49. The van der Waals surface area contributed by atoms with Crippen LogP contribution in [0.5, 0.6) is 0 Å². The van der Waals surface area contributed by atoms with Crippen molar-refractivity contribution in [3.05, 3.63) is 68.7 Å². The van der Waals surface area contributed by atoms with Crippen LogP contribution in [0.3, 0.4) is 0 Å². The lowest BCUT2D eigenvalue weighted by Crippen LogP contribution is -2.20. The molecule has 112 valence electrons. The Hall–Kier alpha value is -1.16. The van der Waals surface area contributed by atoms with Crippen molar-refractivity contribution in [3.8, 4) is 0 Å². The summed E-state index contributed by atoms with van der Waals surface area (Å²) < 4.78 is 27.4. The van der Waals surface area contributed by atoms with Crippen LogP contribution in [0.25, 0.3) is 0 Å². The Morgan fingerprint density at radius 1 is 1.10 bits per heavy atom. The van der Waals surface area contributed by atoms with Crippen LogP contribution in [0.1, 0.15) is 22.7 Å². The minimum atomic E-state index is -0.363. The van der Waals surface area contributed by atoms with Crippen molar-refractivity contribution >= 4 is 23.2 Å². The Labute approximate surface area is 132 Å². The normalized spacial score (nSPS) is 12.5. The van der Waals surface area contributed by atoms with Gasteiger partial charge in [-0.1, -0.05) is 35.3 Å². The van der Waals surface area contributed by atoms with Gasteiger partial charge in [-0.25, -0.2) is 8.78 Å². The second-order valence-corrected chi connectivity index (χ2v) is 5.68. The van der Waals surface area contributed by atoms with E-state index < -0.39 is 0 Å². The molecule has 21 heavy (non-hydrogen) atoms. The first-order chi connectivity index (χ1) is 9.93. The van der Waals surface area contributed by atoms with Gasteiger partial charge in [0.2, 0.25) is 0 Å². The van der Waals surface area contributed by atoms with E-state index in [1.54, 1.807) is 32.2 Å². The molecule has 1 unspecified atom stereocenters. The maximum absolute atomic E-state index is 13.9. The third kappa shape index (κ3) is 3.54. The van der Waals surface area contributed by atoms with E-state index in [1.807, 2.05) is 0 Å². The SMILES string of the molecule is CNC(Cc1c(F)cccc1Cl)c1cc(C)c(F)cc1Cl. The van der Waals surface area contributed by atoms with Gasteiger partial charge >= 0.3 is 0 Å². The minimum absolute atomic E-state index is 0.258. The monoisotopic (exact) mass is 329 g/mol. The summed E-state index contributed by atoms with van der Waals surface area (Å²) in [6.07, 6.45) is 0.326. The molecule has 0 aliphatic carbocycles.